The van der Waals surface area contributed by atoms with E-state index < -0.39 is 0 Å². The molecule has 0 aromatic rings. The lowest BCUT2D eigenvalue weighted by molar-refractivity contribution is 0.489. The molecular formula is C16H33N3. The summed E-state index contributed by atoms with van der Waals surface area (Å²) >= 11 is 0. The fraction of sp³-hybridized carbons (Fsp3) is 0.750. The van der Waals surface area contributed by atoms with Crippen molar-refractivity contribution in [2.24, 2.45) is 0 Å². The van der Waals surface area contributed by atoms with Gasteiger partial charge in [-0.3, -0.25) is 0 Å². The molecule has 0 spiro atoms. The summed E-state index contributed by atoms with van der Waals surface area (Å²) in [6, 6.07) is 0.287. The number of rotatable bonds is 6. The van der Waals surface area contributed by atoms with E-state index in [2.05, 4.69) is 30.7 Å². The summed E-state index contributed by atoms with van der Waals surface area (Å²) in [4.78, 5) is 1.99. The van der Waals surface area contributed by atoms with Gasteiger partial charge in [0.1, 0.15) is 0 Å². The van der Waals surface area contributed by atoms with E-state index in [-0.39, 0.29) is 6.04 Å². The highest BCUT2D eigenvalue weighted by Crippen LogP contribution is 2.15. The van der Waals surface area contributed by atoms with Gasteiger partial charge in [0.05, 0.1) is 6.54 Å². The Balaban J connectivity index is 0.000000443. The Morgan fingerprint density at radius 1 is 1.05 bits per heavy atom. The summed E-state index contributed by atoms with van der Waals surface area (Å²) in [6.45, 7) is 10.6. The van der Waals surface area contributed by atoms with Crippen molar-refractivity contribution in [3.63, 3.8) is 0 Å². The minimum Gasteiger partial charge on any atom is -0.382 e. The smallest absolute Gasteiger partial charge is 0.0541 e. The summed E-state index contributed by atoms with van der Waals surface area (Å²) < 4.78 is 0. The topological polar surface area (TPSA) is 27.3 Å². The highest BCUT2D eigenvalue weighted by atomic mass is 15.1. The third kappa shape index (κ3) is 9.60. The van der Waals surface area contributed by atoms with Gasteiger partial charge in [-0.05, 0) is 14.0 Å². The van der Waals surface area contributed by atoms with Crippen molar-refractivity contribution >= 4 is 0 Å². The summed E-state index contributed by atoms with van der Waals surface area (Å²) in [5.74, 6) is 0. The molecule has 19 heavy (non-hydrogen) atoms. The van der Waals surface area contributed by atoms with Crippen LogP contribution in [0.4, 0.5) is 0 Å². The molecule has 3 nitrogen and oxygen atoms in total. The molecule has 0 aliphatic heterocycles. The second-order valence-electron chi connectivity index (χ2n) is 5.47. The van der Waals surface area contributed by atoms with Gasteiger partial charge in [0.15, 0.2) is 0 Å². The predicted octanol–water partition coefficient (Wildman–Crippen LogP) is 3.11. The van der Waals surface area contributed by atoms with Crippen LogP contribution in [0.25, 0.3) is 0 Å². The van der Waals surface area contributed by atoms with Gasteiger partial charge in [-0.1, -0.05) is 51.7 Å². The molecule has 0 bridgehead atoms. The summed E-state index contributed by atoms with van der Waals surface area (Å²) in [5, 5.41) is 6.33. The highest BCUT2D eigenvalue weighted by molar-refractivity contribution is 5.05. The maximum atomic E-state index is 3.92. The van der Waals surface area contributed by atoms with Crippen LogP contribution in [0.1, 0.15) is 45.4 Å². The Kier molecular flexibility index (Phi) is 10.4. The first kappa shape index (κ1) is 18.0. The predicted molar refractivity (Wildman–Crippen MR) is 86.2 cm³/mol. The van der Waals surface area contributed by atoms with Crippen LogP contribution in [0.2, 0.25) is 0 Å². The Morgan fingerprint density at radius 2 is 1.47 bits per heavy atom. The summed E-state index contributed by atoms with van der Waals surface area (Å²) in [5.41, 5.74) is 2.04. The second kappa shape index (κ2) is 10.9. The van der Waals surface area contributed by atoms with Gasteiger partial charge in [0, 0.05) is 31.5 Å². The third-order valence-corrected chi connectivity index (χ3v) is 3.61. The van der Waals surface area contributed by atoms with Gasteiger partial charge in [-0.15, -0.1) is 0 Å². The molecule has 1 aliphatic rings. The Bertz CT molecular complexity index is 243. The minimum atomic E-state index is 0.287. The molecule has 3 heteroatoms. The maximum absolute atomic E-state index is 3.92. The third-order valence-electron chi connectivity index (χ3n) is 3.61. The summed E-state index contributed by atoms with van der Waals surface area (Å²) in [6.07, 6.45) is 9.00. The zero-order valence-electron chi connectivity index (χ0n) is 13.4. The largest absolute Gasteiger partial charge is 0.382 e. The van der Waals surface area contributed by atoms with E-state index in [0.717, 1.165) is 17.9 Å². The van der Waals surface area contributed by atoms with E-state index in [1.54, 1.807) is 0 Å². The zero-order chi connectivity index (χ0) is 14.7. The zero-order valence-corrected chi connectivity index (χ0v) is 13.4. The second-order valence-corrected chi connectivity index (χ2v) is 5.47. The van der Waals surface area contributed by atoms with Crippen LogP contribution in [-0.2, 0) is 0 Å². The SMILES string of the molecule is C1CCCCC1.C=C(NCC(=C)N(C)C)C(C)NC. The molecule has 112 valence electrons. The molecular weight excluding hydrogens is 234 g/mol. The van der Waals surface area contributed by atoms with Crippen molar-refractivity contribution in [1.82, 2.24) is 15.5 Å². The van der Waals surface area contributed by atoms with Crippen LogP contribution in [0.3, 0.4) is 0 Å². The molecule has 2 N–H and O–H groups in total. The summed E-state index contributed by atoms with van der Waals surface area (Å²) in [7, 11) is 5.88. The van der Waals surface area contributed by atoms with Crippen molar-refractivity contribution in [3.05, 3.63) is 24.6 Å². The van der Waals surface area contributed by atoms with E-state index in [4.69, 9.17) is 0 Å². The van der Waals surface area contributed by atoms with Crippen molar-refractivity contribution in [1.29, 1.82) is 0 Å². The Morgan fingerprint density at radius 3 is 1.79 bits per heavy atom. The molecule has 0 saturated heterocycles. The molecule has 0 heterocycles. The molecule has 0 amide bonds. The van der Waals surface area contributed by atoms with E-state index >= 15 is 0 Å². The van der Waals surface area contributed by atoms with Gasteiger partial charge in [0.2, 0.25) is 0 Å². The van der Waals surface area contributed by atoms with Crippen LogP contribution in [0.15, 0.2) is 24.6 Å². The lowest BCUT2D eigenvalue weighted by Gasteiger charge is -2.20. The molecule has 0 aromatic carbocycles. The lowest BCUT2D eigenvalue weighted by Crippen LogP contribution is -2.33. The molecule has 1 rings (SSSR count). The minimum absolute atomic E-state index is 0.287. The molecule has 0 aromatic heterocycles. The fourth-order valence-electron chi connectivity index (χ4n) is 1.76. The standard InChI is InChI=1S/C10H21N3.C6H12/c1-8(13(5)6)7-12-10(3)9(2)11-4;1-2-4-6-5-3-1/h9,11-12H,1,3,7H2,2,4-6H3;1-6H2. The normalized spacial score (nSPS) is 15.8. The van der Waals surface area contributed by atoms with E-state index in [0.29, 0.717) is 0 Å². The first-order chi connectivity index (χ1) is 8.99. The molecule has 0 radical (unpaired) electrons. The van der Waals surface area contributed by atoms with Crippen molar-refractivity contribution in [2.75, 3.05) is 27.7 Å². The van der Waals surface area contributed by atoms with Gasteiger partial charge in [-0.2, -0.15) is 0 Å². The van der Waals surface area contributed by atoms with Crippen molar-refractivity contribution in [2.45, 2.75) is 51.5 Å². The quantitative estimate of drug-likeness (QED) is 0.774. The van der Waals surface area contributed by atoms with Crippen LogP contribution in [0, 0.1) is 0 Å². The Labute approximate surface area is 120 Å². The monoisotopic (exact) mass is 267 g/mol. The van der Waals surface area contributed by atoms with E-state index in [9.17, 15) is 0 Å². The average Bonchev–Trinajstić information content (AvgIpc) is 2.45. The number of nitrogens with one attached hydrogen (secondary N) is 2. The molecule has 1 aliphatic carbocycles. The van der Waals surface area contributed by atoms with Crippen LogP contribution >= 0.6 is 0 Å². The Hall–Kier alpha value is -0.960. The van der Waals surface area contributed by atoms with E-state index in [1.807, 2.05) is 26.0 Å². The van der Waals surface area contributed by atoms with Gasteiger partial charge >= 0.3 is 0 Å². The van der Waals surface area contributed by atoms with E-state index in [1.165, 1.54) is 38.5 Å². The van der Waals surface area contributed by atoms with Crippen molar-refractivity contribution < 1.29 is 0 Å². The fourth-order valence-corrected chi connectivity index (χ4v) is 1.76. The first-order valence-electron chi connectivity index (χ1n) is 7.44. The maximum Gasteiger partial charge on any atom is 0.0541 e. The average molecular weight is 267 g/mol. The first-order valence-corrected chi connectivity index (χ1v) is 7.44. The number of likely N-dealkylation sites (N-methyl/N-ethyl adjacent to an activating group) is 2. The van der Waals surface area contributed by atoms with Gasteiger partial charge in [0.25, 0.3) is 0 Å². The van der Waals surface area contributed by atoms with Gasteiger partial charge in [-0.25, -0.2) is 0 Å². The van der Waals surface area contributed by atoms with Crippen LogP contribution in [0.5, 0.6) is 0 Å². The lowest BCUT2D eigenvalue weighted by atomic mass is 10.0. The van der Waals surface area contributed by atoms with Gasteiger partial charge < -0.3 is 15.5 Å². The van der Waals surface area contributed by atoms with Crippen molar-refractivity contribution in [3.8, 4) is 0 Å². The molecule has 1 fully saturated rings. The number of nitrogens with zero attached hydrogens (tertiary/aromatic N) is 1. The van der Waals surface area contributed by atoms with Crippen LogP contribution < -0.4 is 10.6 Å². The number of hydrogen-bond acceptors (Lipinski definition) is 3. The molecule has 1 unspecified atom stereocenters. The highest BCUT2D eigenvalue weighted by Gasteiger charge is 2.03. The number of hydrogen-bond donors (Lipinski definition) is 2. The molecule has 1 atom stereocenters. The molecule has 1 saturated carbocycles. The van der Waals surface area contributed by atoms with Crippen LogP contribution in [-0.4, -0.2) is 38.6 Å².